The standard InChI is InChI=1S/C6H13S/c1-4-5-6(2)7-3/h6H,2,4-5H2,1,3H3. The number of rotatable bonds is 3. The van der Waals surface area contributed by atoms with Crippen LogP contribution in [0.4, 0.5) is 0 Å². The van der Waals surface area contributed by atoms with Crippen LogP contribution < -0.4 is 0 Å². The molecule has 0 fully saturated rings. The smallest absolute Gasteiger partial charge is 0.00445 e. The summed E-state index contributed by atoms with van der Waals surface area (Å²) in [6.07, 6.45) is 4.61. The van der Waals surface area contributed by atoms with Crippen molar-refractivity contribution < 1.29 is 0 Å². The Balaban J connectivity index is 2.83. The van der Waals surface area contributed by atoms with E-state index in [0.29, 0.717) is 5.25 Å². The van der Waals surface area contributed by atoms with Crippen LogP contribution in [0.1, 0.15) is 19.8 Å². The van der Waals surface area contributed by atoms with Gasteiger partial charge in [0.05, 0.1) is 0 Å². The van der Waals surface area contributed by atoms with Crippen LogP contribution in [0.3, 0.4) is 0 Å². The lowest BCUT2D eigenvalue weighted by Gasteiger charge is -2.02. The fourth-order valence-corrected chi connectivity index (χ4v) is 0.911. The molecular formula is C6H13S. The molecule has 43 valence electrons. The van der Waals surface area contributed by atoms with Crippen molar-refractivity contribution in [2.75, 3.05) is 6.26 Å². The van der Waals surface area contributed by atoms with E-state index in [0.717, 1.165) is 0 Å². The molecule has 0 N–H and O–H groups in total. The lowest BCUT2D eigenvalue weighted by Crippen LogP contribution is -1.91. The van der Waals surface area contributed by atoms with Gasteiger partial charge in [0, 0.05) is 5.25 Å². The summed E-state index contributed by atoms with van der Waals surface area (Å²) < 4.78 is 0. The molecule has 0 aromatic heterocycles. The van der Waals surface area contributed by atoms with Crippen molar-refractivity contribution >= 4 is 11.8 Å². The van der Waals surface area contributed by atoms with Crippen molar-refractivity contribution in [3.05, 3.63) is 6.92 Å². The topological polar surface area (TPSA) is 0 Å². The third-order valence-corrected chi connectivity index (χ3v) is 1.85. The van der Waals surface area contributed by atoms with Crippen molar-refractivity contribution in [2.24, 2.45) is 0 Å². The van der Waals surface area contributed by atoms with E-state index in [1.807, 2.05) is 11.8 Å². The van der Waals surface area contributed by atoms with Gasteiger partial charge in [0.25, 0.3) is 0 Å². The second-order valence-corrected chi connectivity index (χ2v) is 2.78. The summed E-state index contributed by atoms with van der Waals surface area (Å²) in [4.78, 5) is 0. The minimum Gasteiger partial charge on any atom is -0.162 e. The first-order chi connectivity index (χ1) is 3.31. The molecule has 0 aliphatic heterocycles. The first kappa shape index (κ1) is 7.35. The molecule has 0 saturated carbocycles. The summed E-state index contributed by atoms with van der Waals surface area (Å²) in [5, 5.41) is 0.616. The number of hydrogen-bond donors (Lipinski definition) is 0. The van der Waals surface area contributed by atoms with E-state index in [4.69, 9.17) is 0 Å². The van der Waals surface area contributed by atoms with Crippen LogP contribution in [0.15, 0.2) is 0 Å². The Morgan fingerprint density at radius 1 is 1.71 bits per heavy atom. The monoisotopic (exact) mass is 117 g/mol. The predicted octanol–water partition coefficient (Wildman–Crippen LogP) is 2.35. The molecule has 0 amide bonds. The number of thioether (sulfide) groups is 1. The molecule has 0 spiro atoms. The van der Waals surface area contributed by atoms with Gasteiger partial charge in [-0.05, 0) is 19.6 Å². The first-order valence-electron chi connectivity index (χ1n) is 2.67. The molecule has 0 saturated heterocycles. The van der Waals surface area contributed by atoms with Gasteiger partial charge in [-0.2, -0.15) is 11.8 Å². The van der Waals surface area contributed by atoms with Gasteiger partial charge in [0.1, 0.15) is 0 Å². The van der Waals surface area contributed by atoms with Crippen LogP contribution in [0.25, 0.3) is 0 Å². The maximum Gasteiger partial charge on any atom is 0.00445 e. The van der Waals surface area contributed by atoms with Crippen LogP contribution in [-0.4, -0.2) is 11.5 Å². The van der Waals surface area contributed by atoms with E-state index in [2.05, 4.69) is 20.1 Å². The Morgan fingerprint density at radius 3 is 2.43 bits per heavy atom. The maximum absolute atomic E-state index is 3.91. The molecule has 0 aromatic rings. The van der Waals surface area contributed by atoms with Gasteiger partial charge in [-0.15, -0.1) is 0 Å². The Hall–Kier alpha value is 0.350. The van der Waals surface area contributed by atoms with E-state index < -0.39 is 0 Å². The van der Waals surface area contributed by atoms with E-state index in [1.165, 1.54) is 12.8 Å². The minimum absolute atomic E-state index is 0.616. The largest absolute Gasteiger partial charge is 0.162 e. The second kappa shape index (κ2) is 4.51. The van der Waals surface area contributed by atoms with E-state index in [9.17, 15) is 0 Å². The molecule has 7 heavy (non-hydrogen) atoms. The van der Waals surface area contributed by atoms with Crippen molar-refractivity contribution in [3.8, 4) is 0 Å². The van der Waals surface area contributed by atoms with Crippen LogP contribution in [-0.2, 0) is 0 Å². The minimum atomic E-state index is 0.616. The molecule has 0 aromatic carbocycles. The highest BCUT2D eigenvalue weighted by atomic mass is 32.2. The highest BCUT2D eigenvalue weighted by Crippen LogP contribution is 2.09. The zero-order valence-corrected chi connectivity index (χ0v) is 5.92. The van der Waals surface area contributed by atoms with Crippen molar-refractivity contribution in [2.45, 2.75) is 25.0 Å². The lowest BCUT2D eigenvalue weighted by atomic mass is 10.3. The quantitative estimate of drug-likeness (QED) is 0.547. The van der Waals surface area contributed by atoms with Gasteiger partial charge in [-0.3, -0.25) is 0 Å². The molecule has 0 rings (SSSR count). The van der Waals surface area contributed by atoms with Crippen molar-refractivity contribution in [1.29, 1.82) is 0 Å². The third kappa shape index (κ3) is 4.20. The molecule has 1 radical (unpaired) electrons. The van der Waals surface area contributed by atoms with Gasteiger partial charge in [-0.1, -0.05) is 13.3 Å². The van der Waals surface area contributed by atoms with Crippen LogP contribution in [0, 0.1) is 6.92 Å². The highest BCUT2D eigenvalue weighted by molar-refractivity contribution is 7.99. The first-order valence-corrected chi connectivity index (χ1v) is 3.96. The molecule has 0 heterocycles. The fraction of sp³-hybridized carbons (Fsp3) is 0.833. The van der Waals surface area contributed by atoms with Gasteiger partial charge < -0.3 is 0 Å². The lowest BCUT2D eigenvalue weighted by molar-refractivity contribution is 0.827. The van der Waals surface area contributed by atoms with E-state index in [-0.39, 0.29) is 0 Å². The third-order valence-electron chi connectivity index (χ3n) is 0.944. The maximum atomic E-state index is 3.91. The average Bonchev–Trinajstić information content (AvgIpc) is 1.68. The van der Waals surface area contributed by atoms with E-state index >= 15 is 0 Å². The van der Waals surface area contributed by atoms with Gasteiger partial charge in [0.2, 0.25) is 0 Å². The van der Waals surface area contributed by atoms with Crippen molar-refractivity contribution in [1.82, 2.24) is 0 Å². The molecule has 1 heteroatoms. The molecular weight excluding hydrogens is 104 g/mol. The zero-order valence-electron chi connectivity index (χ0n) is 5.11. The van der Waals surface area contributed by atoms with Gasteiger partial charge in [0.15, 0.2) is 0 Å². The van der Waals surface area contributed by atoms with Crippen LogP contribution >= 0.6 is 11.8 Å². The van der Waals surface area contributed by atoms with Gasteiger partial charge >= 0.3 is 0 Å². The number of hydrogen-bond acceptors (Lipinski definition) is 1. The highest BCUT2D eigenvalue weighted by Gasteiger charge is 1.93. The summed E-state index contributed by atoms with van der Waals surface area (Å²) in [7, 11) is 0. The van der Waals surface area contributed by atoms with E-state index in [1.54, 1.807) is 0 Å². The summed E-state index contributed by atoms with van der Waals surface area (Å²) in [5.41, 5.74) is 0. The summed E-state index contributed by atoms with van der Waals surface area (Å²) in [6.45, 7) is 6.10. The normalized spacial score (nSPS) is 14.1. The fourth-order valence-electron chi connectivity index (χ4n) is 0.440. The molecule has 0 aliphatic rings. The predicted molar refractivity (Wildman–Crippen MR) is 37.6 cm³/mol. The second-order valence-electron chi connectivity index (χ2n) is 1.65. The Bertz CT molecular complexity index is 35.2. The molecule has 1 unspecified atom stereocenters. The van der Waals surface area contributed by atoms with Crippen LogP contribution in [0.2, 0.25) is 0 Å². The Morgan fingerprint density at radius 2 is 2.29 bits per heavy atom. The zero-order chi connectivity index (χ0) is 5.70. The van der Waals surface area contributed by atoms with Crippen molar-refractivity contribution in [3.63, 3.8) is 0 Å². The average molecular weight is 117 g/mol. The summed E-state index contributed by atoms with van der Waals surface area (Å²) in [6, 6.07) is 0. The summed E-state index contributed by atoms with van der Waals surface area (Å²) >= 11 is 1.84. The summed E-state index contributed by atoms with van der Waals surface area (Å²) in [5.74, 6) is 0. The molecule has 0 aliphatic carbocycles. The Labute approximate surface area is 50.7 Å². The van der Waals surface area contributed by atoms with Crippen LogP contribution in [0.5, 0.6) is 0 Å². The van der Waals surface area contributed by atoms with Gasteiger partial charge in [-0.25, -0.2) is 0 Å². The SMILES string of the molecule is [CH2]C(CCC)SC. The Kier molecular flexibility index (Phi) is 4.73. The molecule has 0 nitrogen and oxygen atoms in total. The molecule has 1 atom stereocenters. The molecule has 0 bridgehead atoms.